The molecule has 6 nitrogen and oxygen atoms in total. The molecule has 234 valence electrons. The summed E-state index contributed by atoms with van der Waals surface area (Å²) in [6, 6.07) is 25.4. The molecule has 3 aromatic rings. The molecule has 4 rings (SSSR count). The van der Waals surface area contributed by atoms with E-state index in [1.165, 1.54) is 11.1 Å². The highest BCUT2D eigenvalue weighted by Crippen LogP contribution is 2.24. The maximum Gasteiger partial charge on any atom is 0.322 e. The quantitative estimate of drug-likeness (QED) is 0.199. The zero-order valence-electron chi connectivity index (χ0n) is 26.4. The SMILES string of the molecule is CCCCC/C(=C\c1ccccc1)CN(CC1CCN(C(=O)Nc2ccc(C(C)C)cc2)CC1)C(=O)Nc1ccc(Cl)cc1. The van der Waals surface area contributed by atoms with Crippen LogP contribution in [-0.4, -0.2) is 48.0 Å². The number of halogens is 1. The molecule has 3 aromatic carbocycles. The molecule has 0 bridgehead atoms. The van der Waals surface area contributed by atoms with E-state index < -0.39 is 0 Å². The predicted octanol–water partition coefficient (Wildman–Crippen LogP) is 9.91. The van der Waals surface area contributed by atoms with Gasteiger partial charge in [0, 0.05) is 42.6 Å². The lowest BCUT2D eigenvalue weighted by Gasteiger charge is -2.35. The van der Waals surface area contributed by atoms with Crippen molar-refractivity contribution < 1.29 is 9.59 Å². The van der Waals surface area contributed by atoms with E-state index in [2.05, 4.69) is 61.7 Å². The van der Waals surface area contributed by atoms with Crippen LogP contribution in [-0.2, 0) is 0 Å². The molecule has 0 aromatic heterocycles. The van der Waals surface area contributed by atoms with E-state index in [1.54, 1.807) is 12.1 Å². The number of hydrogen-bond acceptors (Lipinski definition) is 2. The highest BCUT2D eigenvalue weighted by Gasteiger charge is 2.27. The molecule has 0 atom stereocenters. The first kappa shape index (κ1) is 33.1. The Bertz CT molecular complexity index is 1350. The third-order valence-electron chi connectivity index (χ3n) is 8.26. The first-order valence-corrected chi connectivity index (χ1v) is 16.4. The second kappa shape index (κ2) is 16.9. The molecular formula is C37H47ClN4O2. The average Bonchev–Trinajstić information content (AvgIpc) is 3.03. The van der Waals surface area contributed by atoms with Crippen LogP contribution in [0.25, 0.3) is 6.08 Å². The van der Waals surface area contributed by atoms with Crippen LogP contribution >= 0.6 is 11.6 Å². The number of likely N-dealkylation sites (tertiary alicyclic amines) is 1. The Morgan fingerprint density at radius 3 is 2.18 bits per heavy atom. The van der Waals surface area contributed by atoms with E-state index in [-0.39, 0.29) is 12.1 Å². The largest absolute Gasteiger partial charge is 0.325 e. The van der Waals surface area contributed by atoms with Crippen LogP contribution in [0.15, 0.2) is 84.4 Å². The normalized spacial score (nSPS) is 14.0. The Kier molecular flexibility index (Phi) is 12.7. The Morgan fingerprint density at radius 1 is 0.909 bits per heavy atom. The Balaban J connectivity index is 1.42. The molecule has 2 N–H and O–H groups in total. The van der Waals surface area contributed by atoms with Gasteiger partial charge in [-0.1, -0.05) is 99.3 Å². The molecule has 4 amide bonds. The molecule has 0 saturated carbocycles. The number of amides is 4. The van der Waals surface area contributed by atoms with Crippen molar-refractivity contribution in [3.05, 3.63) is 101 Å². The average molecular weight is 615 g/mol. The minimum Gasteiger partial charge on any atom is -0.325 e. The van der Waals surface area contributed by atoms with Gasteiger partial charge in [0.15, 0.2) is 0 Å². The lowest BCUT2D eigenvalue weighted by atomic mass is 9.95. The zero-order valence-corrected chi connectivity index (χ0v) is 27.2. The van der Waals surface area contributed by atoms with Gasteiger partial charge in [0.25, 0.3) is 0 Å². The first-order valence-electron chi connectivity index (χ1n) is 16.0. The van der Waals surface area contributed by atoms with Crippen LogP contribution in [0.3, 0.4) is 0 Å². The first-order chi connectivity index (χ1) is 21.3. The minimum atomic E-state index is -0.119. The molecule has 7 heteroatoms. The van der Waals surface area contributed by atoms with Crippen molar-refractivity contribution in [2.24, 2.45) is 5.92 Å². The zero-order chi connectivity index (χ0) is 31.3. The molecular weight excluding hydrogens is 568 g/mol. The van der Waals surface area contributed by atoms with Crippen LogP contribution in [0.4, 0.5) is 21.0 Å². The molecule has 1 aliphatic heterocycles. The Hall–Kier alpha value is -3.77. The fraction of sp³-hybridized carbons (Fsp3) is 0.405. The molecule has 0 aliphatic carbocycles. The molecule has 44 heavy (non-hydrogen) atoms. The molecule has 1 fully saturated rings. The van der Waals surface area contributed by atoms with E-state index in [9.17, 15) is 9.59 Å². The molecule has 0 unspecified atom stereocenters. The molecule has 1 aliphatic rings. The van der Waals surface area contributed by atoms with Gasteiger partial charge in [-0.3, -0.25) is 0 Å². The van der Waals surface area contributed by atoms with Crippen molar-refractivity contribution in [1.29, 1.82) is 0 Å². The number of hydrogen-bond donors (Lipinski definition) is 2. The topological polar surface area (TPSA) is 64.7 Å². The number of nitrogens with zero attached hydrogens (tertiary/aromatic N) is 2. The standard InChI is InChI=1S/C37H47ClN4O2/c1-4-5-7-12-31(25-29-10-8-6-9-11-29)27-42(37(44)40-35-19-15-33(38)16-20-35)26-30-21-23-41(24-22-30)36(43)39-34-17-13-32(14-18-34)28(2)3/h6,8-11,13-20,25,28,30H,4-5,7,12,21-24,26-27H2,1-3H3,(H,39,43)(H,40,44)/b31-25+. The van der Waals surface area contributed by atoms with E-state index in [0.29, 0.717) is 43.0 Å². The summed E-state index contributed by atoms with van der Waals surface area (Å²) in [7, 11) is 0. The summed E-state index contributed by atoms with van der Waals surface area (Å²) in [4.78, 5) is 30.6. The van der Waals surface area contributed by atoms with E-state index in [1.807, 2.05) is 52.3 Å². The number of urea groups is 2. The van der Waals surface area contributed by atoms with Gasteiger partial charge >= 0.3 is 12.1 Å². The number of nitrogens with one attached hydrogen (secondary N) is 2. The van der Waals surface area contributed by atoms with E-state index in [4.69, 9.17) is 11.6 Å². The molecule has 0 spiro atoms. The van der Waals surface area contributed by atoms with Gasteiger partial charge in [0.1, 0.15) is 0 Å². The molecule has 1 saturated heterocycles. The molecule has 1 heterocycles. The lowest BCUT2D eigenvalue weighted by molar-refractivity contribution is 0.161. The fourth-order valence-corrected chi connectivity index (χ4v) is 5.69. The van der Waals surface area contributed by atoms with E-state index >= 15 is 0 Å². The number of anilines is 2. The summed E-state index contributed by atoms with van der Waals surface area (Å²) < 4.78 is 0. The van der Waals surface area contributed by atoms with E-state index in [0.717, 1.165) is 55.5 Å². The number of benzene rings is 3. The van der Waals surface area contributed by atoms with Crippen molar-refractivity contribution >= 4 is 41.1 Å². The minimum absolute atomic E-state index is 0.0675. The second-order valence-corrected chi connectivity index (χ2v) is 12.6. The smallest absolute Gasteiger partial charge is 0.322 e. The van der Waals surface area contributed by atoms with Crippen molar-refractivity contribution in [2.45, 2.75) is 65.2 Å². The summed E-state index contributed by atoms with van der Waals surface area (Å²) in [6.07, 6.45) is 8.27. The third-order valence-corrected chi connectivity index (χ3v) is 8.51. The van der Waals surface area contributed by atoms with Gasteiger partial charge in [0.05, 0.1) is 0 Å². The number of piperidine rings is 1. The van der Waals surface area contributed by atoms with Crippen LogP contribution in [0.5, 0.6) is 0 Å². The van der Waals surface area contributed by atoms with Crippen LogP contribution in [0, 0.1) is 5.92 Å². The third kappa shape index (κ3) is 10.4. The van der Waals surface area contributed by atoms with Crippen LogP contribution in [0.1, 0.15) is 76.3 Å². The number of rotatable bonds is 12. The van der Waals surface area contributed by atoms with Crippen molar-refractivity contribution in [3.8, 4) is 0 Å². The number of carbonyl (C=O) groups is 2. The Labute approximate surface area is 268 Å². The summed E-state index contributed by atoms with van der Waals surface area (Å²) in [5.41, 5.74) is 5.18. The summed E-state index contributed by atoms with van der Waals surface area (Å²) in [5.74, 6) is 0.752. The highest BCUT2D eigenvalue weighted by molar-refractivity contribution is 6.30. The number of unbranched alkanes of at least 4 members (excludes halogenated alkanes) is 2. The van der Waals surface area contributed by atoms with Crippen LogP contribution in [0.2, 0.25) is 5.02 Å². The highest BCUT2D eigenvalue weighted by atomic mass is 35.5. The number of carbonyl (C=O) groups excluding carboxylic acids is 2. The summed E-state index contributed by atoms with van der Waals surface area (Å²) >= 11 is 6.08. The lowest BCUT2D eigenvalue weighted by Crippen LogP contribution is -2.45. The van der Waals surface area contributed by atoms with Gasteiger partial charge in [-0.15, -0.1) is 0 Å². The Morgan fingerprint density at radius 2 is 1.55 bits per heavy atom. The van der Waals surface area contributed by atoms with Gasteiger partial charge in [-0.2, -0.15) is 0 Å². The van der Waals surface area contributed by atoms with Crippen molar-refractivity contribution in [1.82, 2.24) is 9.80 Å². The maximum absolute atomic E-state index is 13.7. The predicted molar refractivity (Wildman–Crippen MR) is 184 cm³/mol. The summed E-state index contributed by atoms with van der Waals surface area (Å²) in [5, 5.41) is 6.77. The van der Waals surface area contributed by atoms with Crippen LogP contribution < -0.4 is 10.6 Å². The van der Waals surface area contributed by atoms with Gasteiger partial charge in [-0.25, -0.2) is 9.59 Å². The summed E-state index contributed by atoms with van der Waals surface area (Å²) in [6.45, 7) is 9.05. The van der Waals surface area contributed by atoms with Gasteiger partial charge < -0.3 is 20.4 Å². The van der Waals surface area contributed by atoms with Crippen molar-refractivity contribution in [2.75, 3.05) is 36.8 Å². The molecule has 0 radical (unpaired) electrons. The van der Waals surface area contributed by atoms with Crippen molar-refractivity contribution in [3.63, 3.8) is 0 Å². The second-order valence-electron chi connectivity index (χ2n) is 12.1. The fourth-order valence-electron chi connectivity index (χ4n) is 5.57. The van der Waals surface area contributed by atoms with Gasteiger partial charge in [-0.05, 0) is 85.0 Å². The monoisotopic (exact) mass is 614 g/mol. The maximum atomic E-state index is 13.7. The van der Waals surface area contributed by atoms with Gasteiger partial charge in [0.2, 0.25) is 0 Å².